The highest BCUT2D eigenvalue weighted by atomic mass is 32.2. The van der Waals surface area contributed by atoms with Gasteiger partial charge in [-0.2, -0.15) is 22.7 Å². The number of hydrogen-bond donors (Lipinski definition) is 2. The molecule has 4 aromatic rings. The van der Waals surface area contributed by atoms with E-state index in [0.717, 1.165) is 23.7 Å². The summed E-state index contributed by atoms with van der Waals surface area (Å²) in [5.74, 6) is 0.0367. The highest BCUT2D eigenvalue weighted by Gasteiger charge is 2.49. The third-order valence-electron chi connectivity index (χ3n) is 9.27. The Balaban J connectivity index is 1.38. The Kier molecular flexibility index (Phi) is 7.12. The summed E-state index contributed by atoms with van der Waals surface area (Å²) in [5, 5.41) is 16.6. The van der Waals surface area contributed by atoms with E-state index in [0.29, 0.717) is 30.5 Å². The number of rotatable bonds is 6. The number of benzene rings is 2. The molecule has 14 heteroatoms. The molecule has 45 heavy (non-hydrogen) atoms. The molecule has 2 aromatic carbocycles. The van der Waals surface area contributed by atoms with Gasteiger partial charge in [-0.1, -0.05) is 12.0 Å². The van der Waals surface area contributed by atoms with E-state index in [1.807, 2.05) is 0 Å². The van der Waals surface area contributed by atoms with E-state index in [2.05, 4.69) is 25.8 Å². The Labute approximate surface area is 257 Å². The number of aromatic nitrogens is 3. The van der Waals surface area contributed by atoms with Crippen LogP contribution in [0.25, 0.3) is 32.9 Å². The SMILES string of the molecule is C#Cc1c(F)ccc2cc(O)cc(-c3ncc4c(C5CCN(S(N)(=O)=O)C5)nc(OC[C@@]56CCCN5C[C@H](F)C6)nc4c3F)c12. The molecule has 2 aromatic heterocycles. The lowest BCUT2D eigenvalue weighted by atomic mass is 9.95. The standard InChI is InChI=1S/C31H29F3N6O4S/c1-2-21-24(33)5-4-17-10-20(41)11-22(25(17)21)28-26(34)29-23(13-36-28)27(18-6-9-40(14-18)45(35,42)43)37-30(38-29)44-16-31-7-3-8-39(31)15-19(32)12-31/h1,4-5,10-11,13,18-19,41H,3,6-9,12,14-16H2,(H2,35,42,43)/t18?,19-,31+/m1/s1. The molecular formula is C31H29F3N6O4S. The summed E-state index contributed by atoms with van der Waals surface area (Å²) in [5.41, 5.74) is -0.663. The highest BCUT2D eigenvalue weighted by molar-refractivity contribution is 7.86. The summed E-state index contributed by atoms with van der Waals surface area (Å²) in [6, 6.07) is 5.08. The quantitative estimate of drug-likeness (QED) is 0.305. The van der Waals surface area contributed by atoms with Gasteiger partial charge in [0.25, 0.3) is 10.2 Å². The molecule has 3 fully saturated rings. The lowest BCUT2D eigenvalue weighted by molar-refractivity contribution is 0.107. The topological polar surface area (TPSA) is 135 Å². The number of ether oxygens (including phenoxy) is 1. The molecule has 3 aliphatic heterocycles. The number of nitrogens with zero attached hydrogens (tertiary/aromatic N) is 5. The number of aromatic hydroxyl groups is 1. The Hall–Kier alpha value is -4.03. The van der Waals surface area contributed by atoms with Crippen LogP contribution in [-0.2, 0) is 10.2 Å². The average Bonchev–Trinajstić information content (AvgIpc) is 3.71. The van der Waals surface area contributed by atoms with Crippen molar-refractivity contribution in [3.8, 4) is 35.4 Å². The van der Waals surface area contributed by atoms with Crippen molar-refractivity contribution in [1.82, 2.24) is 24.2 Å². The fourth-order valence-electron chi connectivity index (χ4n) is 7.20. The third kappa shape index (κ3) is 5.04. The molecule has 7 rings (SSSR count). The number of alkyl halides is 1. The normalized spacial score (nSPS) is 24.0. The van der Waals surface area contributed by atoms with E-state index in [9.17, 15) is 22.3 Å². The maximum absolute atomic E-state index is 16.7. The molecule has 3 aliphatic rings. The van der Waals surface area contributed by atoms with Gasteiger partial charge in [-0.05, 0) is 49.4 Å². The monoisotopic (exact) mass is 638 g/mol. The van der Waals surface area contributed by atoms with E-state index in [1.165, 1.54) is 30.5 Å². The van der Waals surface area contributed by atoms with Crippen LogP contribution in [-0.4, -0.2) is 82.2 Å². The molecule has 10 nitrogen and oxygen atoms in total. The third-order valence-corrected chi connectivity index (χ3v) is 10.3. The summed E-state index contributed by atoms with van der Waals surface area (Å²) in [6.45, 7) is 1.32. The van der Waals surface area contributed by atoms with Crippen LogP contribution in [0.1, 0.15) is 42.9 Å². The summed E-state index contributed by atoms with van der Waals surface area (Å²) in [4.78, 5) is 15.5. The van der Waals surface area contributed by atoms with Gasteiger partial charge in [0, 0.05) is 54.5 Å². The van der Waals surface area contributed by atoms with Gasteiger partial charge in [0.1, 0.15) is 35.6 Å². The van der Waals surface area contributed by atoms with Crippen LogP contribution in [0.3, 0.4) is 0 Å². The zero-order valence-corrected chi connectivity index (χ0v) is 24.8. The van der Waals surface area contributed by atoms with Crippen molar-refractivity contribution >= 4 is 31.9 Å². The van der Waals surface area contributed by atoms with Crippen LogP contribution < -0.4 is 9.88 Å². The molecule has 0 bridgehead atoms. The predicted molar refractivity (Wildman–Crippen MR) is 160 cm³/mol. The minimum Gasteiger partial charge on any atom is -0.508 e. The average molecular weight is 639 g/mol. The number of nitrogens with two attached hydrogens (primary N) is 1. The number of pyridine rings is 1. The minimum absolute atomic E-state index is 0.0109. The second kappa shape index (κ2) is 10.8. The maximum Gasteiger partial charge on any atom is 0.317 e. The van der Waals surface area contributed by atoms with Crippen molar-refractivity contribution in [1.29, 1.82) is 0 Å². The fraction of sp³-hybridized carbons (Fsp3) is 0.387. The number of fused-ring (bicyclic) bond motifs is 3. The van der Waals surface area contributed by atoms with Crippen molar-refractivity contribution in [3.05, 3.63) is 53.4 Å². The van der Waals surface area contributed by atoms with Gasteiger partial charge in [-0.15, -0.1) is 6.42 Å². The van der Waals surface area contributed by atoms with Crippen LogP contribution in [0, 0.1) is 24.0 Å². The van der Waals surface area contributed by atoms with Gasteiger partial charge < -0.3 is 9.84 Å². The molecule has 3 saturated heterocycles. The zero-order valence-electron chi connectivity index (χ0n) is 24.0. The number of halogens is 3. The molecule has 0 aliphatic carbocycles. The van der Waals surface area contributed by atoms with E-state index in [4.69, 9.17) is 16.3 Å². The summed E-state index contributed by atoms with van der Waals surface area (Å²) < 4.78 is 77.2. The van der Waals surface area contributed by atoms with Crippen molar-refractivity contribution in [2.24, 2.45) is 5.14 Å². The zero-order chi connectivity index (χ0) is 31.7. The van der Waals surface area contributed by atoms with Crippen molar-refractivity contribution in [2.45, 2.75) is 43.3 Å². The van der Waals surface area contributed by atoms with Crippen LogP contribution in [0.15, 0.2) is 30.5 Å². The summed E-state index contributed by atoms with van der Waals surface area (Å²) >= 11 is 0. The summed E-state index contributed by atoms with van der Waals surface area (Å²) in [6.07, 6.45) is 8.30. The lowest BCUT2D eigenvalue weighted by Crippen LogP contribution is -2.43. The van der Waals surface area contributed by atoms with Gasteiger partial charge in [0.15, 0.2) is 5.82 Å². The van der Waals surface area contributed by atoms with Crippen molar-refractivity contribution < 1.29 is 31.4 Å². The Morgan fingerprint density at radius 2 is 2.02 bits per heavy atom. The molecule has 0 amide bonds. The number of phenols is 1. The predicted octanol–water partition coefficient (Wildman–Crippen LogP) is 3.76. The smallest absolute Gasteiger partial charge is 0.317 e. The first kappa shape index (κ1) is 29.7. The molecule has 0 spiro atoms. The first-order chi connectivity index (χ1) is 21.5. The number of phenolic OH excluding ortho intramolecular Hbond substituents is 1. The lowest BCUT2D eigenvalue weighted by Gasteiger charge is -2.30. The molecule has 234 valence electrons. The molecular weight excluding hydrogens is 609 g/mol. The molecule has 3 N–H and O–H groups in total. The molecule has 3 atom stereocenters. The van der Waals surface area contributed by atoms with Gasteiger partial charge in [-0.25, -0.2) is 18.3 Å². The number of terminal acetylenes is 1. The van der Waals surface area contributed by atoms with Crippen LogP contribution >= 0.6 is 0 Å². The van der Waals surface area contributed by atoms with Gasteiger partial charge in [0.05, 0.1) is 16.8 Å². The molecule has 0 radical (unpaired) electrons. The van der Waals surface area contributed by atoms with E-state index < -0.39 is 39.5 Å². The Morgan fingerprint density at radius 1 is 1.20 bits per heavy atom. The molecule has 1 unspecified atom stereocenters. The fourth-order valence-corrected chi connectivity index (χ4v) is 7.95. The van der Waals surface area contributed by atoms with Gasteiger partial charge >= 0.3 is 6.01 Å². The highest BCUT2D eigenvalue weighted by Crippen LogP contribution is 2.42. The second-order valence-electron chi connectivity index (χ2n) is 12.0. The summed E-state index contributed by atoms with van der Waals surface area (Å²) in [7, 11) is -3.97. The van der Waals surface area contributed by atoms with Gasteiger partial charge in [-0.3, -0.25) is 9.88 Å². The van der Waals surface area contributed by atoms with Crippen LogP contribution in [0.2, 0.25) is 0 Å². The second-order valence-corrected chi connectivity index (χ2v) is 13.5. The Bertz CT molecular complexity index is 2020. The van der Waals surface area contributed by atoms with E-state index >= 15 is 4.39 Å². The van der Waals surface area contributed by atoms with Crippen LogP contribution in [0.4, 0.5) is 13.2 Å². The largest absolute Gasteiger partial charge is 0.508 e. The number of hydrogen-bond acceptors (Lipinski definition) is 8. The first-order valence-electron chi connectivity index (χ1n) is 14.6. The van der Waals surface area contributed by atoms with Crippen molar-refractivity contribution in [3.63, 3.8) is 0 Å². The van der Waals surface area contributed by atoms with E-state index in [1.54, 1.807) is 0 Å². The van der Waals surface area contributed by atoms with Gasteiger partial charge in [0.2, 0.25) is 0 Å². The van der Waals surface area contributed by atoms with Crippen molar-refractivity contribution in [2.75, 3.05) is 32.8 Å². The molecule has 0 saturated carbocycles. The first-order valence-corrected chi connectivity index (χ1v) is 16.1. The molecule has 5 heterocycles. The maximum atomic E-state index is 16.7. The Morgan fingerprint density at radius 3 is 2.78 bits per heavy atom. The van der Waals surface area contributed by atoms with E-state index in [-0.39, 0.29) is 64.6 Å². The van der Waals surface area contributed by atoms with Crippen LogP contribution in [0.5, 0.6) is 11.8 Å². The minimum atomic E-state index is -3.97.